The van der Waals surface area contributed by atoms with Crippen molar-refractivity contribution in [3.63, 3.8) is 0 Å². The SMILES string of the molecule is CCc1noc(Cn2cnc3c4cc(C)ccc4n(CC(=O)Nc4cc(C)ccc4C)c3c2=O)n1. The highest BCUT2D eigenvalue weighted by atomic mass is 16.5. The summed E-state index contributed by atoms with van der Waals surface area (Å²) in [5, 5.41) is 7.72. The Balaban J connectivity index is 1.59. The molecule has 3 heterocycles. The lowest BCUT2D eigenvalue weighted by Crippen LogP contribution is -2.25. The fourth-order valence-corrected chi connectivity index (χ4v) is 4.24. The predicted molar refractivity (Wildman–Crippen MR) is 134 cm³/mol. The van der Waals surface area contributed by atoms with Gasteiger partial charge in [0, 0.05) is 17.5 Å². The van der Waals surface area contributed by atoms with E-state index >= 15 is 0 Å². The molecule has 0 saturated heterocycles. The third-order valence-electron chi connectivity index (χ3n) is 6.08. The van der Waals surface area contributed by atoms with Crippen molar-refractivity contribution in [2.75, 3.05) is 5.32 Å². The topological polar surface area (TPSA) is 108 Å². The van der Waals surface area contributed by atoms with Gasteiger partial charge in [0.15, 0.2) is 5.82 Å². The number of benzene rings is 2. The number of fused-ring (bicyclic) bond motifs is 3. The largest absolute Gasteiger partial charge is 0.337 e. The average Bonchev–Trinajstić information content (AvgIpc) is 3.40. The molecular formula is C26H26N6O3. The van der Waals surface area contributed by atoms with Gasteiger partial charge >= 0.3 is 0 Å². The second-order valence-electron chi connectivity index (χ2n) is 8.81. The summed E-state index contributed by atoms with van der Waals surface area (Å²) in [5.41, 5.74) is 5.23. The van der Waals surface area contributed by atoms with E-state index in [0.717, 1.165) is 33.3 Å². The number of hydrogen-bond donors (Lipinski definition) is 1. The van der Waals surface area contributed by atoms with Crippen LogP contribution < -0.4 is 10.9 Å². The molecule has 5 aromatic rings. The van der Waals surface area contributed by atoms with Crippen LogP contribution in [0.15, 0.2) is 52.0 Å². The van der Waals surface area contributed by atoms with Crippen LogP contribution in [0.1, 0.15) is 35.3 Å². The Bertz CT molecular complexity index is 1640. The lowest BCUT2D eigenvalue weighted by atomic mass is 10.1. The van der Waals surface area contributed by atoms with Crippen molar-refractivity contribution in [1.29, 1.82) is 0 Å². The van der Waals surface area contributed by atoms with Gasteiger partial charge in [-0.2, -0.15) is 4.98 Å². The quantitative estimate of drug-likeness (QED) is 0.403. The average molecular weight is 471 g/mol. The van der Waals surface area contributed by atoms with Crippen LogP contribution in [-0.4, -0.2) is 30.2 Å². The molecule has 0 saturated carbocycles. The number of nitrogens with zero attached hydrogens (tertiary/aromatic N) is 5. The van der Waals surface area contributed by atoms with Crippen molar-refractivity contribution < 1.29 is 9.32 Å². The number of nitrogens with one attached hydrogen (secondary N) is 1. The molecule has 35 heavy (non-hydrogen) atoms. The van der Waals surface area contributed by atoms with Crippen LogP contribution in [-0.2, 0) is 24.3 Å². The highest BCUT2D eigenvalue weighted by molar-refractivity contribution is 6.06. The second-order valence-corrected chi connectivity index (χ2v) is 8.81. The Morgan fingerprint density at radius 1 is 1.09 bits per heavy atom. The Hall–Kier alpha value is -4.27. The molecule has 0 aliphatic rings. The number of aryl methyl sites for hydroxylation is 4. The normalized spacial score (nSPS) is 11.4. The Morgan fingerprint density at radius 2 is 1.86 bits per heavy atom. The summed E-state index contributed by atoms with van der Waals surface area (Å²) in [4.78, 5) is 35.6. The molecule has 2 aromatic carbocycles. The van der Waals surface area contributed by atoms with Crippen LogP contribution in [0.4, 0.5) is 5.69 Å². The number of amides is 1. The molecule has 1 N–H and O–H groups in total. The molecule has 0 aliphatic carbocycles. The van der Waals surface area contributed by atoms with Crippen LogP contribution in [0.5, 0.6) is 0 Å². The first-order chi connectivity index (χ1) is 16.8. The monoisotopic (exact) mass is 470 g/mol. The van der Waals surface area contributed by atoms with E-state index in [0.29, 0.717) is 29.2 Å². The maximum atomic E-state index is 13.6. The second kappa shape index (κ2) is 8.83. The summed E-state index contributed by atoms with van der Waals surface area (Å²) in [6.07, 6.45) is 2.13. The van der Waals surface area contributed by atoms with E-state index in [1.807, 2.05) is 64.1 Å². The maximum absolute atomic E-state index is 13.6. The highest BCUT2D eigenvalue weighted by Gasteiger charge is 2.20. The van der Waals surface area contributed by atoms with Crippen molar-refractivity contribution in [1.82, 2.24) is 24.3 Å². The van der Waals surface area contributed by atoms with Crippen LogP contribution in [0.2, 0.25) is 0 Å². The first-order valence-corrected chi connectivity index (χ1v) is 11.5. The summed E-state index contributed by atoms with van der Waals surface area (Å²) in [5.74, 6) is 0.684. The molecule has 0 unspecified atom stereocenters. The van der Waals surface area contributed by atoms with Gasteiger partial charge in [0.1, 0.15) is 24.1 Å². The smallest absolute Gasteiger partial charge is 0.278 e. The molecule has 0 bridgehead atoms. The minimum atomic E-state index is -0.278. The zero-order chi connectivity index (χ0) is 24.7. The lowest BCUT2D eigenvalue weighted by Gasteiger charge is -2.11. The molecular weight excluding hydrogens is 444 g/mol. The van der Waals surface area contributed by atoms with Gasteiger partial charge in [-0.25, -0.2) is 4.98 Å². The number of aromatic nitrogens is 5. The van der Waals surface area contributed by atoms with Crippen molar-refractivity contribution >= 4 is 33.5 Å². The Morgan fingerprint density at radius 3 is 2.63 bits per heavy atom. The molecule has 1 amide bonds. The fraction of sp³-hybridized carbons (Fsp3) is 0.269. The lowest BCUT2D eigenvalue weighted by molar-refractivity contribution is -0.116. The van der Waals surface area contributed by atoms with Gasteiger partial charge in [0.05, 0.1) is 11.8 Å². The number of carbonyl (C=O) groups is 1. The number of rotatable bonds is 6. The van der Waals surface area contributed by atoms with E-state index in [1.165, 1.54) is 10.9 Å². The molecule has 5 rings (SSSR count). The van der Waals surface area contributed by atoms with Gasteiger partial charge in [-0.05, 0) is 50.1 Å². The first-order valence-electron chi connectivity index (χ1n) is 11.5. The minimum Gasteiger partial charge on any atom is -0.337 e. The van der Waals surface area contributed by atoms with E-state index in [9.17, 15) is 9.59 Å². The van der Waals surface area contributed by atoms with Crippen molar-refractivity contribution in [2.24, 2.45) is 0 Å². The number of hydrogen-bond acceptors (Lipinski definition) is 6. The number of carbonyl (C=O) groups excluding carboxylic acids is 1. The Kier molecular flexibility index (Phi) is 5.68. The van der Waals surface area contributed by atoms with Gasteiger partial charge < -0.3 is 14.4 Å². The van der Waals surface area contributed by atoms with Crippen LogP contribution in [0, 0.1) is 20.8 Å². The van der Waals surface area contributed by atoms with E-state index in [-0.39, 0.29) is 24.6 Å². The predicted octanol–water partition coefficient (Wildman–Crippen LogP) is 3.91. The molecule has 3 aromatic heterocycles. The van der Waals surface area contributed by atoms with E-state index < -0.39 is 0 Å². The summed E-state index contributed by atoms with van der Waals surface area (Å²) < 4.78 is 8.43. The maximum Gasteiger partial charge on any atom is 0.278 e. The van der Waals surface area contributed by atoms with Crippen molar-refractivity contribution in [3.8, 4) is 0 Å². The molecule has 178 valence electrons. The van der Waals surface area contributed by atoms with Gasteiger partial charge in [0.25, 0.3) is 5.56 Å². The van der Waals surface area contributed by atoms with Crippen LogP contribution >= 0.6 is 0 Å². The third kappa shape index (κ3) is 4.21. The molecule has 0 radical (unpaired) electrons. The van der Waals surface area contributed by atoms with Crippen molar-refractivity contribution in [2.45, 2.75) is 47.2 Å². The first kappa shape index (κ1) is 22.5. The zero-order valence-electron chi connectivity index (χ0n) is 20.1. The van der Waals surface area contributed by atoms with Crippen LogP contribution in [0.3, 0.4) is 0 Å². The summed E-state index contributed by atoms with van der Waals surface area (Å²) in [7, 11) is 0. The summed E-state index contributed by atoms with van der Waals surface area (Å²) in [6, 6.07) is 11.8. The molecule has 0 aliphatic heterocycles. The molecule has 0 fully saturated rings. The molecule has 0 spiro atoms. The number of anilines is 1. The summed E-state index contributed by atoms with van der Waals surface area (Å²) in [6.45, 7) is 7.91. The van der Waals surface area contributed by atoms with Crippen LogP contribution in [0.25, 0.3) is 21.9 Å². The third-order valence-corrected chi connectivity index (χ3v) is 6.08. The molecule has 0 atom stereocenters. The standard InChI is InChI=1S/C26H26N6O3/c1-5-21-29-23(35-30-21)13-31-14-27-24-18-10-15(2)7-9-20(18)32(25(24)26(31)34)12-22(33)28-19-11-16(3)6-8-17(19)4/h6-11,14H,5,12-13H2,1-4H3,(H,28,33). The highest BCUT2D eigenvalue weighted by Crippen LogP contribution is 2.27. The molecule has 9 nitrogen and oxygen atoms in total. The summed E-state index contributed by atoms with van der Waals surface area (Å²) >= 11 is 0. The van der Waals surface area contributed by atoms with E-state index in [4.69, 9.17) is 4.52 Å². The van der Waals surface area contributed by atoms with Gasteiger partial charge in [-0.3, -0.25) is 14.2 Å². The van der Waals surface area contributed by atoms with E-state index in [1.54, 1.807) is 4.57 Å². The minimum absolute atomic E-state index is 0.0298. The fourth-order valence-electron chi connectivity index (χ4n) is 4.24. The van der Waals surface area contributed by atoms with Gasteiger partial charge in [0.2, 0.25) is 11.8 Å². The molecule has 9 heteroatoms. The Labute approximate surface area is 201 Å². The van der Waals surface area contributed by atoms with Crippen molar-refractivity contribution in [3.05, 3.63) is 81.5 Å². The van der Waals surface area contributed by atoms with E-state index in [2.05, 4.69) is 20.4 Å². The van der Waals surface area contributed by atoms with Gasteiger partial charge in [-0.1, -0.05) is 35.8 Å². The zero-order valence-corrected chi connectivity index (χ0v) is 20.1. The van der Waals surface area contributed by atoms with Gasteiger partial charge in [-0.15, -0.1) is 0 Å².